The summed E-state index contributed by atoms with van der Waals surface area (Å²) in [5.74, 6) is 2.54. The second kappa shape index (κ2) is 5.92. The van der Waals surface area contributed by atoms with Gasteiger partial charge in [0.25, 0.3) is 0 Å². The number of nitrogens with zero attached hydrogens (tertiary/aromatic N) is 3. The van der Waals surface area contributed by atoms with E-state index in [1.54, 1.807) is 0 Å². The number of fused-ring (bicyclic) bond motifs is 1. The molecule has 4 heteroatoms. The fraction of sp³-hybridized carbons (Fsp3) is 0.625. The lowest BCUT2D eigenvalue weighted by atomic mass is 9.97. The zero-order valence-corrected chi connectivity index (χ0v) is 12.5. The van der Waals surface area contributed by atoms with Crippen molar-refractivity contribution in [1.29, 1.82) is 0 Å². The zero-order valence-electron chi connectivity index (χ0n) is 12.5. The molecule has 0 amide bonds. The molecule has 0 bridgehead atoms. The average molecular weight is 272 g/mol. The Bertz CT molecular complexity index is 567. The van der Waals surface area contributed by atoms with E-state index in [4.69, 9.17) is 4.98 Å². The smallest absolute Gasteiger partial charge is 0.159 e. The standard InChI is InChI=1S/C16H24N4/c1-12(2)7-11-20-15(13-5-9-17-10-6-13)19-14-4-3-8-18-16(14)20/h3-4,8,12-13,17H,5-7,9-11H2,1-2H3. The van der Waals surface area contributed by atoms with Crippen LogP contribution in [0.5, 0.6) is 0 Å². The third-order valence-electron chi connectivity index (χ3n) is 4.17. The molecule has 0 unspecified atom stereocenters. The first-order chi connectivity index (χ1) is 9.75. The van der Waals surface area contributed by atoms with Crippen molar-refractivity contribution in [2.75, 3.05) is 13.1 Å². The monoisotopic (exact) mass is 272 g/mol. The van der Waals surface area contributed by atoms with Crippen LogP contribution >= 0.6 is 0 Å². The third-order valence-corrected chi connectivity index (χ3v) is 4.17. The summed E-state index contributed by atoms with van der Waals surface area (Å²) in [6.45, 7) is 7.79. The lowest BCUT2D eigenvalue weighted by molar-refractivity contribution is 0.422. The van der Waals surface area contributed by atoms with Crippen molar-refractivity contribution in [3.05, 3.63) is 24.2 Å². The maximum Gasteiger partial charge on any atom is 0.159 e. The minimum Gasteiger partial charge on any atom is -0.317 e. The highest BCUT2D eigenvalue weighted by atomic mass is 15.1. The van der Waals surface area contributed by atoms with Gasteiger partial charge >= 0.3 is 0 Å². The van der Waals surface area contributed by atoms with Crippen molar-refractivity contribution in [1.82, 2.24) is 19.9 Å². The van der Waals surface area contributed by atoms with Crippen LogP contribution < -0.4 is 5.32 Å². The number of piperidine rings is 1. The van der Waals surface area contributed by atoms with Gasteiger partial charge in [0.1, 0.15) is 11.3 Å². The number of rotatable bonds is 4. The first-order valence-electron chi connectivity index (χ1n) is 7.77. The molecule has 3 rings (SSSR count). The van der Waals surface area contributed by atoms with E-state index in [1.807, 2.05) is 12.3 Å². The molecule has 0 aromatic carbocycles. The molecule has 0 saturated carbocycles. The largest absolute Gasteiger partial charge is 0.317 e. The maximum absolute atomic E-state index is 4.89. The first-order valence-corrected chi connectivity index (χ1v) is 7.77. The van der Waals surface area contributed by atoms with Crippen LogP contribution in [0.15, 0.2) is 18.3 Å². The second-order valence-corrected chi connectivity index (χ2v) is 6.17. The first kappa shape index (κ1) is 13.6. The van der Waals surface area contributed by atoms with E-state index in [0.717, 1.165) is 30.8 Å². The Kier molecular flexibility index (Phi) is 4.01. The molecular formula is C16H24N4. The maximum atomic E-state index is 4.89. The van der Waals surface area contributed by atoms with E-state index in [-0.39, 0.29) is 0 Å². The van der Waals surface area contributed by atoms with Gasteiger partial charge in [-0.25, -0.2) is 9.97 Å². The Hall–Kier alpha value is -1.42. The summed E-state index contributed by atoms with van der Waals surface area (Å²) in [6, 6.07) is 4.06. The van der Waals surface area contributed by atoms with Crippen molar-refractivity contribution in [3.8, 4) is 0 Å². The number of nitrogens with one attached hydrogen (secondary N) is 1. The highest BCUT2D eigenvalue weighted by Crippen LogP contribution is 2.28. The summed E-state index contributed by atoms with van der Waals surface area (Å²) in [6.07, 6.45) is 5.43. The van der Waals surface area contributed by atoms with E-state index in [0.29, 0.717) is 11.8 Å². The Labute approximate surface area is 120 Å². The number of pyridine rings is 1. The Morgan fingerprint density at radius 1 is 1.35 bits per heavy atom. The molecule has 1 saturated heterocycles. The van der Waals surface area contributed by atoms with Crippen LogP contribution in [0.2, 0.25) is 0 Å². The Morgan fingerprint density at radius 2 is 2.15 bits per heavy atom. The van der Waals surface area contributed by atoms with Gasteiger partial charge in [0, 0.05) is 18.7 Å². The van der Waals surface area contributed by atoms with E-state index < -0.39 is 0 Å². The van der Waals surface area contributed by atoms with Gasteiger partial charge in [-0.05, 0) is 50.4 Å². The second-order valence-electron chi connectivity index (χ2n) is 6.17. The number of imidazole rings is 1. The average Bonchev–Trinajstić information content (AvgIpc) is 2.84. The highest BCUT2D eigenvalue weighted by Gasteiger charge is 2.22. The van der Waals surface area contributed by atoms with E-state index in [2.05, 4.69) is 34.8 Å². The fourth-order valence-electron chi connectivity index (χ4n) is 2.98. The molecule has 0 spiro atoms. The van der Waals surface area contributed by atoms with E-state index in [9.17, 15) is 0 Å². The summed E-state index contributed by atoms with van der Waals surface area (Å²) in [4.78, 5) is 9.45. The van der Waals surface area contributed by atoms with Crippen LogP contribution in [-0.4, -0.2) is 27.6 Å². The summed E-state index contributed by atoms with van der Waals surface area (Å²) < 4.78 is 2.37. The molecule has 0 atom stereocenters. The molecular weight excluding hydrogens is 248 g/mol. The molecule has 108 valence electrons. The molecule has 1 fully saturated rings. The summed E-state index contributed by atoms with van der Waals surface area (Å²) in [5.41, 5.74) is 2.10. The number of hydrogen-bond acceptors (Lipinski definition) is 3. The van der Waals surface area contributed by atoms with Gasteiger partial charge in [0.15, 0.2) is 5.65 Å². The van der Waals surface area contributed by atoms with Crippen LogP contribution in [0, 0.1) is 5.92 Å². The minimum atomic E-state index is 0.581. The van der Waals surface area contributed by atoms with Gasteiger partial charge in [-0.2, -0.15) is 0 Å². The normalized spacial score (nSPS) is 17.1. The molecule has 2 aromatic rings. The van der Waals surface area contributed by atoms with Gasteiger partial charge in [0.05, 0.1) is 0 Å². The fourth-order valence-corrected chi connectivity index (χ4v) is 2.98. The van der Waals surface area contributed by atoms with Gasteiger partial charge in [-0.15, -0.1) is 0 Å². The number of aryl methyl sites for hydroxylation is 1. The van der Waals surface area contributed by atoms with E-state index >= 15 is 0 Å². The number of aromatic nitrogens is 3. The lowest BCUT2D eigenvalue weighted by Crippen LogP contribution is -2.28. The summed E-state index contributed by atoms with van der Waals surface area (Å²) in [7, 11) is 0. The quantitative estimate of drug-likeness (QED) is 0.930. The molecule has 1 N–H and O–H groups in total. The summed E-state index contributed by atoms with van der Waals surface area (Å²) in [5, 5.41) is 3.44. The highest BCUT2D eigenvalue weighted by molar-refractivity contribution is 5.71. The predicted octanol–water partition coefficient (Wildman–Crippen LogP) is 2.94. The molecule has 2 aromatic heterocycles. The van der Waals surface area contributed by atoms with Gasteiger partial charge in [0.2, 0.25) is 0 Å². The molecule has 0 radical (unpaired) electrons. The van der Waals surface area contributed by atoms with Crippen LogP contribution in [0.4, 0.5) is 0 Å². The molecule has 3 heterocycles. The van der Waals surface area contributed by atoms with Crippen LogP contribution in [-0.2, 0) is 6.54 Å². The van der Waals surface area contributed by atoms with Gasteiger partial charge in [-0.1, -0.05) is 13.8 Å². The minimum absolute atomic E-state index is 0.581. The predicted molar refractivity (Wildman–Crippen MR) is 81.8 cm³/mol. The zero-order chi connectivity index (χ0) is 13.9. The topological polar surface area (TPSA) is 42.7 Å². The third kappa shape index (κ3) is 2.70. The molecule has 1 aliphatic rings. The van der Waals surface area contributed by atoms with Crippen molar-refractivity contribution >= 4 is 11.2 Å². The van der Waals surface area contributed by atoms with Gasteiger partial charge < -0.3 is 9.88 Å². The van der Waals surface area contributed by atoms with Crippen LogP contribution in [0.25, 0.3) is 11.2 Å². The van der Waals surface area contributed by atoms with E-state index in [1.165, 1.54) is 25.1 Å². The van der Waals surface area contributed by atoms with Crippen molar-refractivity contribution < 1.29 is 0 Å². The molecule has 0 aliphatic carbocycles. The molecule has 20 heavy (non-hydrogen) atoms. The SMILES string of the molecule is CC(C)CCn1c(C2CCNCC2)nc2cccnc21. The van der Waals surface area contributed by atoms with Gasteiger partial charge in [-0.3, -0.25) is 0 Å². The van der Waals surface area contributed by atoms with Crippen molar-refractivity contribution in [2.24, 2.45) is 5.92 Å². The van der Waals surface area contributed by atoms with Crippen LogP contribution in [0.1, 0.15) is 44.9 Å². The Balaban J connectivity index is 1.97. The Morgan fingerprint density at radius 3 is 2.90 bits per heavy atom. The van der Waals surface area contributed by atoms with Crippen LogP contribution in [0.3, 0.4) is 0 Å². The molecule has 4 nitrogen and oxygen atoms in total. The van der Waals surface area contributed by atoms with Crippen molar-refractivity contribution in [2.45, 2.75) is 45.6 Å². The number of hydrogen-bond donors (Lipinski definition) is 1. The summed E-state index contributed by atoms with van der Waals surface area (Å²) >= 11 is 0. The van der Waals surface area contributed by atoms with Crippen molar-refractivity contribution in [3.63, 3.8) is 0 Å². The lowest BCUT2D eigenvalue weighted by Gasteiger charge is -2.23. The molecule has 1 aliphatic heterocycles.